The van der Waals surface area contributed by atoms with Gasteiger partial charge in [-0.15, -0.1) is 0 Å². The first kappa shape index (κ1) is 16.0. The van der Waals surface area contributed by atoms with Gasteiger partial charge >= 0.3 is 0 Å². The van der Waals surface area contributed by atoms with E-state index in [0.717, 1.165) is 35.4 Å². The minimum absolute atomic E-state index is 0.277. The maximum absolute atomic E-state index is 9.00. The van der Waals surface area contributed by atoms with E-state index in [-0.39, 0.29) is 6.61 Å². The molecule has 0 saturated heterocycles. The van der Waals surface area contributed by atoms with Crippen LogP contribution in [0.25, 0.3) is 0 Å². The van der Waals surface area contributed by atoms with Gasteiger partial charge in [0.15, 0.2) is 0 Å². The Morgan fingerprint density at radius 2 is 2.17 bits per heavy atom. The molecule has 4 heteroatoms. The van der Waals surface area contributed by atoms with Gasteiger partial charge in [0.05, 0.1) is 5.02 Å². The molecule has 0 aliphatic heterocycles. The van der Waals surface area contributed by atoms with E-state index in [1.165, 1.54) is 12.0 Å². The van der Waals surface area contributed by atoms with Crippen molar-refractivity contribution in [2.45, 2.75) is 32.7 Å². The molecule has 0 aliphatic carbocycles. The van der Waals surface area contributed by atoms with Crippen LogP contribution in [-0.4, -0.2) is 18.3 Å². The molecule has 0 radical (unpaired) electrons. The monoisotopic (exact) mass is 333 g/mol. The molecule has 1 atom stereocenters. The van der Waals surface area contributed by atoms with Crippen LogP contribution in [0, 0.1) is 5.92 Å². The number of hydrogen-bond acceptors (Lipinski definition) is 2. The third-order valence-corrected chi connectivity index (χ3v) is 4.19. The summed E-state index contributed by atoms with van der Waals surface area (Å²) in [7, 11) is 0. The molecule has 0 aliphatic rings. The zero-order chi connectivity index (χ0) is 13.4. The minimum atomic E-state index is 0.277. The molecule has 102 valence electrons. The number of hydrogen-bond donors (Lipinski definition) is 2. The maximum atomic E-state index is 9.00. The van der Waals surface area contributed by atoms with Gasteiger partial charge in [0.1, 0.15) is 0 Å². The summed E-state index contributed by atoms with van der Waals surface area (Å²) in [6, 6.07) is 5.97. The van der Waals surface area contributed by atoms with Gasteiger partial charge in [0, 0.05) is 17.6 Å². The van der Waals surface area contributed by atoms with Crippen LogP contribution >= 0.6 is 27.5 Å². The van der Waals surface area contributed by atoms with E-state index in [0.29, 0.717) is 5.92 Å². The molecule has 0 aromatic heterocycles. The van der Waals surface area contributed by atoms with Crippen molar-refractivity contribution in [2.24, 2.45) is 5.92 Å². The third kappa shape index (κ3) is 5.70. The Balaban J connectivity index is 2.37. The summed E-state index contributed by atoms with van der Waals surface area (Å²) in [6.07, 6.45) is 3.21. The number of rotatable bonds is 8. The Morgan fingerprint density at radius 3 is 2.78 bits per heavy atom. The first-order valence-electron chi connectivity index (χ1n) is 6.42. The zero-order valence-electron chi connectivity index (χ0n) is 10.8. The lowest BCUT2D eigenvalue weighted by Crippen LogP contribution is -2.23. The van der Waals surface area contributed by atoms with E-state index in [9.17, 15) is 0 Å². The molecule has 0 spiro atoms. The van der Waals surface area contributed by atoms with Crippen molar-refractivity contribution in [1.82, 2.24) is 5.32 Å². The zero-order valence-corrected chi connectivity index (χ0v) is 13.1. The Hall–Kier alpha value is -0.0900. The second-order valence-corrected chi connectivity index (χ2v) is 5.81. The van der Waals surface area contributed by atoms with Gasteiger partial charge in [-0.05, 0) is 58.9 Å². The quantitative estimate of drug-likeness (QED) is 0.753. The van der Waals surface area contributed by atoms with Crippen LogP contribution in [0.2, 0.25) is 5.02 Å². The summed E-state index contributed by atoms with van der Waals surface area (Å²) in [5.74, 6) is 0.566. The highest BCUT2D eigenvalue weighted by Crippen LogP contribution is 2.23. The molecule has 0 heterocycles. The predicted octanol–water partition coefficient (Wildman–Crippen LogP) is 3.99. The first-order chi connectivity index (χ1) is 8.67. The summed E-state index contributed by atoms with van der Waals surface area (Å²) in [6.45, 7) is 4.25. The lowest BCUT2D eigenvalue weighted by Gasteiger charge is -2.15. The van der Waals surface area contributed by atoms with Crippen molar-refractivity contribution >= 4 is 27.5 Å². The molecule has 2 N–H and O–H groups in total. The first-order valence-corrected chi connectivity index (χ1v) is 7.60. The van der Waals surface area contributed by atoms with E-state index < -0.39 is 0 Å². The summed E-state index contributed by atoms with van der Waals surface area (Å²) < 4.78 is 0.934. The number of nitrogens with one attached hydrogen (secondary N) is 1. The molecule has 1 aromatic carbocycles. The van der Waals surface area contributed by atoms with Crippen LogP contribution in [0.3, 0.4) is 0 Å². The minimum Gasteiger partial charge on any atom is -0.396 e. The van der Waals surface area contributed by atoms with Crippen LogP contribution in [0.5, 0.6) is 0 Å². The maximum Gasteiger partial charge on any atom is 0.0548 e. The van der Waals surface area contributed by atoms with Crippen molar-refractivity contribution in [1.29, 1.82) is 0 Å². The fourth-order valence-corrected chi connectivity index (χ4v) is 2.55. The summed E-state index contributed by atoms with van der Waals surface area (Å²) in [5, 5.41) is 13.2. The van der Waals surface area contributed by atoms with Gasteiger partial charge in [-0.25, -0.2) is 0 Å². The largest absolute Gasteiger partial charge is 0.396 e. The Bertz CT molecular complexity index is 354. The second-order valence-electron chi connectivity index (χ2n) is 4.55. The standard InChI is InChI=1S/C14H21BrClNO/c1-2-3-11(6-7-18)9-17-10-12-4-5-14(16)13(15)8-12/h4-5,8,11,17-18H,2-3,6-7,9-10H2,1H3. The number of aliphatic hydroxyl groups excluding tert-OH is 1. The highest BCUT2D eigenvalue weighted by molar-refractivity contribution is 9.10. The highest BCUT2D eigenvalue weighted by Gasteiger charge is 2.06. The molecular formula is C14H21BrClNO. The summed E-state index contributed by atoms with van der Waals surface area (Å²) in [5.41, 5.74) is 1.21. The van der Waals surface area contributed by atoms with Crippen molar-refractivity contribution in [3.63, 3.8) is 0 Å². The number of aliphatic hydroxyl groups is 1. The smallest absolute Gasteiger partial charge is 0.0548 e. The van der Waals surface area contributed by atoms with E-state index in [4.69, 9.17) is 16.7 Å². The molecule has 0 fully saturated rings. The molecule has 0 saturated carbocycles. The average molecular weight is 335 g/mol. The molecule has 0 bridgehead atoms. The third-order valence-electron chi connectivity index (χ3n) is 2.98. The van der Waals surface area contributed by atoms with Gasteiger partial charge in [-0.2, -0.15) is 0 Å². The molecule has 1 rings (SSSR count). The Kier molecular flexibility index (Phi) is 7.91. The van der Waals surface area contributed by atoms with E-state index in [1.54, 1.807) is 0 Å². The molecule has 18 heavy (non-hydrogen) atoms. The molecule has 0 amide bonds. The Labute approximate surface area is 123 Å². The van der Waals surface area contributed by atoms with Gasteiger partial charge in [-0.1, -0.05) is 31.0 Å². The fourth-order valence-electron chi connectivity index (χ4n) is 2.01. The van der Waals surface area contributed by atoms with E-state index >= 15 is 0 Å². The molecule has 1 aromatic rings. The van der Waals surface area contributed by atoms with Gasteiger partial charge in [-0.3, -0.25) is 0 Å². The molecule has 1 unspecified atom stereocenters. The highest BCUT2D eigenvalue weighted by atomic mass is 79.9. The number of benzene rings is 1. The van der Waals surface area contributed by atoms with Gasteiger partial charge in [0.2, 0.25) is 0 Å². The lowest BCUT2D eigenvalue weighted by atomic mass is 10.0. The molecule has 2 nitrogen and oxygen atoms in total. The summed E-state index contributed by atoms with van der Waals surface area (Å²) >= 11 is 9.38. The van der Waals surface area contributed by atoms with Crippen LogP contribution in [-0.2, 0) is 6.54 Å². The Morgan fingerprint density at radius 1 is 1.39 bits per heavy atom. The van der Waals surface area contributed by atoms with Crippen LogP contribution in [0.1, 0.15) is 31.7 Å². The second kappa shape index (κ2) is 8.92. The van der Waals surface area contributed by atoms with Crippen molar-refractivity contribution in [3.05, 3.63) is 33.3 Å². The van der Waals surface area contributed by atoms with E-state index in [1.807, 2.05) is 18.2 Å². The van der Waals surface area contributed by atoms with Crippen LogP contribution in [0.4, 0.5) is 0 Å². The molecular weight excluding hydrogens is 314 g/mol. The summed E-state index contributed by atoms with van der Waals surface area (Å²) in [4.78, 5) is 0. The predicted molar refractivity (Wildman–Crippen MR) is 81.0 cm³/mol. The topological polar surface area (TPSA) is 32.3 Å². The van der Waals surface area contributed by atoms with Crippen molar-refractivity contribution in [2.75, 3.05) is 13.2 Å². The number of halogens is 2. The van der Waals surface area contributed by atoms with E-state index in [2.05, 4.69) is 28.2 Å². The fraction of sp³-hybridized carbons (Fsp3) is 0.571. The van der Waals surface area contributed by atoms with Crippen LogP contribution < -0.4 is 5.32 Å². The normalized spacial score (nSPS) is 12.7. The van der Waals surface area contributed by atoms with Crippen molar-refractivity contribution < 1.29 is 5.11 Å². The lowest BCUT2D eigenvalue weighted by molar-refractivity contribution is 0.248. The average Bonchev–Trinajstić information content (AvgIpc) is 2.34. The van der Waals surface area contributed by atoms with Crippen molar-refractivity contribution in [3.8, 4) is 0 Å². The SMILES string of the molecule is CCCC(CCO)CNCc1ccc(Cl)c(Br)c1. The van der Waals surface area contributed by atoms with Crippen LogP contribution in [0.15, 0.2) is 22.7 Å². The van der Waals surface area contributed by atoms with Gasteiger partial charge < -0.3 is 10.4 Å². The van der Waals surface area contributed by atoms with Gasteiger partial charge in [0.25, 0.3) is 0 Å².